The summed E-state index contributed by atoms with van der Waals surface area (Å²) in [4.78, 5) is 22.6. The summed E-state index contributed by atoms with van der Waals surface area (Å²) < 4.78 is 13.2. The lowest BCUT2D eigenvalue weighted by atomic mass is 10.0. The molecule has 0 atom stereocenters. The van der Waals surface area contributed by atoms with Gasteiger partial charge in [0.25, 0.3) is 0 Å². The lowest BCUT2D eigenvalue weighted by molar-refractivity contribution is 0.0511. The zero-order valence-electron chi connectivity index (χ0n) is 19.0. The van der Waals surface area contributed by atoms with E-state index >= 15 is 0 Å². The minimum absolute atomic E-state index is 0.0463. The number of hydrogen-bond donors (Lipinski definition) is 1. The Kier molecular flexibility index (Phi) is 6.16. The van der Waals surface area contributed by atoms with Gasteiger partial charge in [0.05, 0.1) is 23.7 Å². The molecule has 170 valence electrons. The summed E-state index contributed by atoms with van der Waals surface area (Å²) in [7, 11) is 0. The Labute approximate surface area is 187 Å². The van der Waals surface area contributed by atoms with Crippen LogP contribution in [-0.4, -0.2) is 56.0 Å². The SMILES string of the molecule is CC(C)OC(=O)N1CCC(Oc2ncnc3c2cnn3-c2ccc(C(C)C)cc2N)CC1. The first-order chi connectivity index (χ1) is 15.3. The van der Waals surface area contributed by atoms with Gasteiger partial charge in [-0.2, -0.15) is 5.10 Å². The van der Waals surface area contributed by atoms with E-state index < -0.39 is 0 Å². The van der Waals surface area contributed by atoms with Crippen LogP contribution >= 0.6 is 0 Å². The van der Waals surface area contributed by atoms with Gasteiger partial charge in [-0.25, -0.2) is 19.4 Å². The molecule has 1 aliphatic heterocycles. The molecule has 1 amide bonds. The lowest BCUT2D eigenvalue weighted by Gasteiger charge is -2.31. The van der Waals surface area contributed by atoms with E-state index in [-0.39, 0.29) is 18.3 Å². The summed E-state index contributed by atoms with van der Waals surface area (Å²) in [6, 6.07) is 6.00. The van der Waals surface area contributed by atoms with Crippen LogP contribution in [0.15, 0.2) is 30.7 Å². The number of nitrogens with two attached hydrogens (primary N) is 1. The van der Waals surface area contributed by atoms with E-state index in [9.17, 15) is 4.79 Å². The number of carbonyl (C=O) groups is 1. The molecule has 0 bridgehead atoms. The van der Waals surface area contributed by atoms with Gasteiger partial charge in [0, 0.05) is 25.9 Å². The van der Waals surface area contributed by atoms with Crippen molar-refractivity contribution in [1.29, 1.82) is 0 Å². The van der Waals surface area contributed by atoms with Gasteiger partial charge in [0.1, 0.15) is 17.8 Å². The molecule has 0 aliphatic carbocycles. The zero-order valence-corrected chi connectivity index (χ0v) is 19.0. The molecule has 2 N–H and O–H groups in total. The maximum absolute atomic E-state index is 12.1. The fraction of sp³-hybridized carbons (Fsp3) is 0.478. The largest absolute Gasteiger partial charge is 0.474 e. The Bertz CT molecular complexity index is 1100. The highest BCUT2D eigenvalue weighted by Crippen LogP contribution is 2.29. The van der Waals surface area contributed by atoms with Crippen molar-refractivity contribution in [2.75, 3.05) is 18.8 Å². The predicted molar refractivity (Wildman–Crippen MR) is 122 cm³/mol. The van der Waals surface area contributed by atoms with Gasteiger partial charge in [-0.3, -0.25) is 0 Å². The first-order valence-electron chi connectivity index (χ1n) is 11.0. The molecule has 0 unspecified atom stereocenters. The average molecular weight is 439 g/mol. The molecular formula is C23H30N6O3. The molecule has 4 rings (SSSR count). The first-order valence-corrected chi connectivity index (χ1v) is 11.0. The standard InChI is InChI=1S/C23H30N6O3/c1-14(2)16-5-6-20(19(24)11-16)29-21-18(12-27-29)22(26-13-25-21)32-17-7-9-28(10-8-17)23(30)31-15(3)4/h5-6,11-15,17H,7-10,24H2,1-4H3. The van der Waals surface area contributed by atoms with Crippen molar-refractivity contribution in [3.63, 3.8) is 0 Å². The Morgan fingerprint density at radius 1 is 1.16 bits per heavy atom. The molecule has 2 aromatic heterocycles. The number of nitrogen functional groups attached to an aromatic ring is 1. The minimum Gasteiger partial charge on any atom is -0.474 e. The second-order valence-electron chi connectivity index (χ2n) is 8.68. The van der Waals surface area contributed by atoms with E-state index in [0.717, 1.165) is 11.1 Å². The highest BCUT2D eigenvalue weighted by molar-refractivity contribution is 5.82. The molecular weight excluding hydrogens is 408 g/mol. The van der Waals surface area contributed by atoms with Crippen molar-refractivity contribution in [3.8, 4) is 11.6 Å². The van der Waals surface area contributed by atoms with E-state index in [4.69, 9.17) is 15.2 Å². The van der Waals surface area contributed by atoms with Crippen molar-refractivity contribution in [1.82, 2.24) is 24.6 Å². The Balaban J connectivity index is 1.50. The van der Waals surface area contributed by atoms with Gasteiger partial charge in [-0.15, -0.1) is 0 Å². The predicted octanol–water partition coefficient (Wildman–Crippen LogP) is 3.91. The molecule has 0 radical (unpaired) electrons. The van der Waals surface area contributed by atoms with E-state index in [1.807, 2.05) is 26.0 Å². The third-order valence-corrected chi connectivity index (χ3v) is 5.59. The summed E-state index contributed by atoms with van der Waals surface area (Å²) >= 11 is 0. The molecule has 32 heavy (non-hydrogen) atoms. The van der Waals surface area contributed by atoms with Crippen LogP contribution in [0.2, 0.25) is 0 Å². The Morgan fingerprint density at radius 2 is 1.91 bits per heavy atom. The van der Waals surface area contributed by atoms with Crippen LogP contribution in [0.25, 0.3) is 16.7 Å². The van der Waals surface area contributed by atoms with Crippen LogP contribution in [0.5, 0.6) is 5.88 Å². The number of rotatable bonds is 5. The van der Waals surface area contributed by atoms with E-state index in [1.54, 1.807) is 15.8 Å². The number of hydrogen-bond acceptors (Lipinski definition) is 7. The number of carbonyl (C=O) groups excluding carboxylic acids is 1. The quantitative estimate of drug-likeness (QED) is 0.602. The van der Waals surface area contributed by atoms with Crippen LogP contribution in [0, 0.1) is 0 Å². The summed E-state index contributed by atoms with van der Waals surface area (Å²) in [6.45, 7) is 9.13. The summed E-state index contributed by atoms with van der Waals surface area (Å²) in [6.07, 6.45) is 4.14. The second kappa shape index (κ2) is 9.02. The number of benzene rings is 1. The molecule has 1 fully saturated rings. The van der Waals surface area contributed by atoms with E-state index in [2.05, 4.69) is 35.0 Å². The molecule has 3 aromatic rings. The Hall–Kier alpha value is -3.36. The van der Waals surface area contributed by atoms with Crippen molar-refractivity contribution in [2.24, 2.45) is 0 Å². The molecule has 0 saturated carbocycles. The van der Waals surface area contributed by atoms with Gasteiger partial charge in [0.2, 0.25) is 5.88 Å². The lowest BCUT2D eigenvalue weighted by Crippen LogP contribution is -2.42. The van der Waals surface area contributed by atoms with Gasteiger partial charge in [-0.05, 0) is 37.5 Å². The summed E-state index contributed by atoms with van der Waals surface area (Å²) in [5, 5.41) is 5.23. The van der Waals surface area contributed by atoms with Crippen LogP contribution in [0.4, 0.5) is 10.5 Å². The van der Waals surface area contributed by atoms with Crippen LogP contribution < -0.4 is 10.5 Å². The van der Waals surface area contributed by atoms with Crippen molar-refractivity contribution >= 4 is 22.8 Å². The third-order valence-electron chi connectivity index (χ3n) is 5.59. The monoisotopic (exact) mass is 438 g/mol. The maximum atomic E-state index is 12.1. The number of piperidine rings is 1. The minimum atomic E-state index is -0.273. The molecule has 1 saturated heterocycles. The molecule has 9 nitrogen and oxygen atoms in total. The molecule has 1 aromatic carbocycles. The molecule has 1 aliphatic rings. The van der Waals surface area contributed by atoms with Gasteiger partial charge < -0.3 is 20.1 Å². The molecule has 3 heterocycles. The van der Waals surface area contributed by atoms with Gasteiger partial charge >= 0.3 is 6.09 Å². The number of ether oxygens (including phenoxy) is 2. The fourth-order valence-electron chi connectivity index (χ4n) is 3.81. The topological polar surface area (TPSA) is 108 Å². The maximum Gasteiger partial charge on any atom is 0.410 e. The number of nitrogens with zero attached hydrogens (tertiary/aromatic N) is 5. The average Bonchev–Trinajstić information content (AvgIpc) is 3.18. The Morgan fingerprint density at radius 3 is 2.56 bits per heavy atom. The fourth-order valence-corrected chi connectivity index (χ4v) is 3.81. The first kappa shape index (κ1) is 21.9. The highest BCUT2D eigenvalue weighted by atomic mass is 16.6. The number of amides is 1. The third kappa shape index (κ3) is 4.46. The van der Waals surface area contributed by atoms with Gasteiger partial charge in [-0.1, -0.05) is 19.9 Å². The molecule has 0 spiro atoms. The van der Waals surface area contributed by atoms with Crippen molar-refractivity contribution in [2.45, 2.75) is 58.7 Å². The van der Waals surface area contributed by atoms with Gasteiger partial charge in [0.15, 0.2) is 5.65 Å². The summed E-state index contributed by atoms with van der Waals surface area (Å²) in [5.41, 5.74) is 9.54. The number of likely N-dealkylation sites (tertiary alicyclic amines) is 1. The highest BCUT2D eigenvalue weighted by Gasteiger charge is 2.26. The smallest absolute Gasteiger partial charge is 0.410 e. The van der Waals surface area contributed by atoms with Crippen molar-refractivity contribution < 1.29 is 14.3 Å². The number of anilines is 1. The normalized spacial score (nSPS) is 15.0. The zero-order chi connectivity index (χ0) is 22.8. The van der Waals surface area contributed by atoms with Crippen molar-refractivity contribution in [3.05, 3.63) is 36.3 Å². The van der Waals surface area contributed by atoms with Crippen LogP contribution in [-0.2, 0) is 4.74 Å². The van der Waals surface area contributed by atoms with E-state index in [1.165, 1.54) is 11.9 Å². The van der Waals surface area contributed by atoms with E-state index in [0.29, 0.717) is 49.1 Å². The molecule has 9 heteroatoms. The number of aromatic nitrogens is 4. The van der Waals surface area contributed by atoms with Crippen LogP contribution in [0.3, 0.4) is 0 Å². The van der Waals surface area contributed by atoms with Crippen LogP contribution in [0.1, 0.15) is 52.0 Å². The summed E-state index contributed by atoms with van der Waals surface area (Å²) in [5.74, 6) is 0.878. The second-order valence-corrected chi connectivity index (χ2v) is 8.68. The number of fused-ring (bicyclic) bond motifs is 1.